The van der Waals surface area contributed by atoms with Crippen molar-refractivity contribution in [3.63, 3.8) is 0 Å². The van der Waals surface area contributed by atoms with Crippen molar-refractivity contribution in [1.29, 1.82) is 5.26 Å². The number of nitrogens with zero attached hydrogens (tertiary/aromatic N) is 1. The molecule has 0 radical (unpaired) electrons. The van der Waals surface area contributed by atoms with Crippen molar-refractivity contribution >= 4 is 5.97 Å². The first kappa shape index (κ1) is 12.4. The van der Waals surface area contributed by atoms with E-state index in [0.29, 0.717) is 24.3 Å². The summed E-state index contributed by atoms with van der Waals surface area (Å²) in [7, 11) is 0. The molecule has 0 aromatic heterocycles. The van der Waals surface area contributed by atoms with Crippen molar-refractivity contribution in [2.75, 3.05) is 6.61 Å². The van der Waals surface area contributed by atoms with Gasteiger partial charge in [-0.3, -0.25) is 0 Å². The molecule has 1 N–H and O–H groups in total. The molecule has 0 heterocycles. The Morgan fingerprint density at radius 3 is 2.83 bits per heavy atom. The summed E-state index contributed by atoms with van der Waals surface area (Å²) in [4.78, 5) is 11.0. The summed E-state index contributed by atoms with van der Waals surface area (Å²) in [6.07, 6.45) is 2.53. The summed E-state index contributed by atoms with van der Waals surface area (Å²) in [5.74, 6) is -0.352. The van der Waals surface area contributed by atoms with Gasteiger partial charge in [0.25, 0.3) is 0 Å². The molecule has 94 valence electrons. The quantitative estimate of drug-likeness (QED) is 0.865. The standard InChI is InChI=1S/C14H15NO3/c1-10-11(13(16)17)3-2-4-12(10)18-9-14(5-6-14)7-8-15/h2-4H,5-7,9H2,1H3,(H,16,17). The number of aromatic carboxylic acids is 1. The summed E-state index contributed by atoms with van der Waals surface area (Å²) in [6, 6.07) is 7.18. The number of carbonyl (C=O) groups is 1. The fourth-order valence-corrected chi connectivity index (χ4v) is 1.95. The Kier molecular flexibility index (Phi) is 3.24. The molecule has 0 amide bonds. The van der Waals surface area contributed by atoms with Crippen molar-refractivity contribution in [2.24, 2.45) is 5.41 Å². The van der Waals surface area contributed by atoms with Gasteiger partial charge >= 0.3 is 5.97 Å². The van der Waals surface area contributed by atoms with Gasteiger partial charge in [0, 0.05) is 17.4 Å². The fraction of sp³-hybridized carbons (Fsp3) is 0.429. The minimum absolute atomic E-state index is 0.000415. The molecule has 4 nitrogen and oxygen atoms in total. The second-order valence-electron chi connectivity index (χ2n) is 4.86. The lowest BCUT2D eigenvalue weighted by atomic mass is 10.0. The second-order valence-corrected chi connectivity index (χ2v) is 4.86. The van der Waals surface area contributed by atoms with Gasteiger partial charge in [0.2, 0.25) is 0 Å². The molecule has 1 fully saturated rings. The molecule has 0 saturated heterocycles. The average Bonchev–Trinajstić information content (AvgIpc) is 3.08. The van der Waals surface area contributed by atoms with Crippen LogP contribution in [0, 0.1) is 23.7 Å². The Labute approximate surface area is 106 Å². The third-order valence-electron chi connectivity index (χ3n) is 3.46. The number of rotatable bonds is 5. The molecule has 0 bridgehead atoms. The van der Waals surface area contributed by atoms with Crippen LogP contribution in [0.15, 0.2) is 18.2 Å². The van der Waals surface area contributed by atoms with Gasteiger partial charge in [-0.05, 0) is 31.9 Å². The smallest absolute Gasteiger partial charge is 0.336 e. The van der Waals surface area contributed by atoms with Crippen LogP contribution in [0.4, 0.5) is 0 Å². The van der Waals surface area contributed by atoms with Crippen LogP contribution < -0.4 is 4.74 Å². The van der Waals surface area contributed by atoms with E-state index in [4.69, 9.17) is 15.1 Å². The highest BCUT2D eigenvalue weighted by atomic mass is 16.5. The van der Waals surface area contributed by atoms with E-state index in [2.05, 4.69) is 6.07 Å². The number of ether oxygens (including phenoxy) is 1. The maximum Gasteiger partial charge on any atom is 0.336 e. The van der Waals surface area contributed by atoms with Crippen molar-refractivity contribution < 1.29 is 14.6 Å². The number of carboxylic acid groups (broad SMARTS) is 1. The first-order valence-electron chi connectivity index (χ1n) is 5.91. The third kappa shape index (κ3) is 2.45. The summed E-state index contributed by atoms with van der Waals surface area (Å²) in [6.45, 7) is 2.23. The fourth-order valence-electron chi connectivity index (χ4n) is 1.95. The molecular formula is C14H15NO3. The molecule has 0 aliphatic heterocycles. The largest absolute Gasteiger partial charge is 0.493 e. The predicted octanol–water partition coefficient (Wildman–Crippen LogP) is 2.77. The van der Waals surface area contributed by atoms with Crippen LogP contribution in [0.25, 0.3) is 0 Å². The van der Waals surface area contributed by atoms with E-state index in [-0.39, 0.29) is 11.0 Å². The highest BCUT2D eigenvalue weighted by Crippen LogP contribution is 2.48. The van der Waals surface area contributed by atoms with Crippen LogP contribution in [-0.2, 0) is 0 Å². The van der Waals surface area contributed by atoms with E-state index in [0.717, 1.165) is 12.8 Å². The molecule has 0 spiro atoms. The molecule has 0 atom stereocenters. The van der Waals surface area contributed by atoms with Gasteiger partial charge in [-0.1, -0.05) is 6.07 Å². The van der Waals surface area contributed by atoms with Gasteiger partial charge in [-0.15, -0.1) is 0 Å². The van der Waals surface area contributed by atoms with Gasteiger partial charge in [-0.25, -0.2) is 4.79 Å². The summed E-state index contributed by atoms with van der Waals surface area (Å²) >= 11 is 0. The van der Waals surface area contributed by atoms with Gasteiger partial charge in [0.1, 0.15) is 5.75 Å². The Hall–Kier alpha value is -2.02. The normalized spacial score (nSPS) is 15.8. The Bertz CT molecular complexity index is 512. The molecular weight excluding hydrogens is 230 g/mol. The monoisotopic (exact) mass is 245 g/mol. The van der Waals surface area contributed by atoms with Crippen molar-refractivity contribution in [3.8, 4) is 11.8 Å². The van der Waals surface area contributed by atoms with Crippen LogP contribution in [-0.4, -0.2) is 17.7 Å². The Balaban J connectivity index is 2.09. The van der Waals surface area contributed by atoms with E-state index in [1.807, 2.05) is 0 Å². The van der Waals surface area contributed by atoms with E-state index in [1.54, 1.807) is 25.1 Å². The number of hydrogen-bond acceptors (Lipinski definition) is 3. The topological polar surface area (TPSA) is 70.3 Å². The highest BCUT2D eigenvalue weighted by molar-refractivity contribution is 5.90. The molecule has 1 saturated carbocycles. The maximum atomic E-state index is 11.0. The van der Waals surface area contributed by atoms with Crippen LogP contribution >= 0.6 is 0 Å². The number of nitriles is 1. The summed E-state index contributed by atoms with van der Waals surface area (Å²) in [5, 5.41) is 17.7. The number of benzene rings is 1. The highest BCUT2D eigenvalue weighted by Gasteiger charge is 2.43. The molecule has 1 aromatic carbocycles. The van der Waals surface area contributed by atoms with E-state index >= 15 is 0 Å². The van der Waals surface area contributed by atoms with Crippen LogP contribution in [0.3, 0.4) is 0 Å². The summed E-state index contributed by atoms with van der Waals surface area (Å²) < 4.78 is 5.69. The van der Waals surface area contributed by atoms with Crippen LogP contribution in [0.5, 0.6) is 5.75 Å². The van der Waals surface area contributed by atoms with Gasteiger partial charge in [0.15, 0.2) is 0 Å². The van der Waals surface area contributed by atoms with E-state index in [9.17, 15) is 4.79 Å². The lowest BCUT2D eigenvalue weighted by molar-refractivity contribution is 0.0695. The van der Waals surface area contributed by atoms with Gasteiger partial charge < -0.3 is 9.84 Å². The zero-order valence-electron chi connectivity index (χ0n) is 10.3. The lowest BCUT2D eigenvalue weighted by Gasteiger charge is -2.15. The molecule has 1 aliphatic rings. The summed E-state index contributed by atoms with van der Waals surface area (Å²) in [5.41, 5.74) is 0.899. The predicted molar refractivity (Wildman–Crippen MR) is 65.5 cm³/mol. The minimum Gasteiger partial charge on any atom is -0.493 e. The SMILES string of the molecule is Cc1c(OCC2(CC#N)CC2)cccc1C(=O)O. The van der Waals surface area contributed by atoms with E-state index in [1.165, 1.54) is 0 Å². The van der Waals surface area contributed by atoms with Crippen LogP contribution in [0.2, 0.25) is 0 Å². The average molecular weight is 245 g/mol. The number of carboxylic acids is 1. The van der Waals surface area contributed by atoms with Crippen molar-refractivity contribution in [2.45, 2.75) is 26.2 Å². The van der Waals surface area contributed by atoms with Gasteiger partial charge in [-0.2, -0.15) is 5.26 Å². The zero-order valence-corrected chi connectivity index (χ0v) is 10.3. The molecule has 0 unspecified atom stereocenters. The zero-order chi connectivity index (χ0) is 13.2. The second kappa shape index (κ2) is 4.69. The first-order chi connectivity index (χ1) is 8.58. The molecule has 4 heteroatoms. The molecule has 1 aliphatic carbocycles. The lowest BCUT2D eigenvalue weighted by Crippen LogP contribution is -2.13. The number of hydrogen-bond donors (Lipinski definition) is 1. The van der Waals surface area contributed by atoms with E-state index < -0.39 is 5.97 Å². The van der Waals surface area contributed by atoms with Crippen LogP contribution in [0.1, 0.15) is 35.2 Å². The molecule has 18 heavy (non-hydrogen) atoms. The van der Waals surface area contributed by atoms with Crippen molar-refractivity contribution in [1.82, 2.24) is 0 Å². The third-order valence-corrected chi connectivity index (χ3v) is 3.46. The first-order valence-corrected chi connectivity index (χ1v) is 5.91. The maximum absolute atomic E-state index is 11.0. The Morgan fingerprint density at radius 1 is 1.56 bits per heavy atom. The molecule has 2 rings (SSSR count). The van der Waals surface area contributed by atoms with Gasteiger partial charge in [0.05, 0.1) is 18.2 Å². The Morgan fingerprint density at radius 2 is 2.28 bits per heavy atom. The minimum atomic E-state index is -0.948. The van der Waals surface area contributed by atoms with Crippen molar-refractivity contribution in [3.05, 3.63) is 29.3 Å². The molecule has 1 aromatic rings.